The van der Waals surface area contributed by atoms with E-state index in [0.717, 1.165) is 23.2 Å². The fraction of sp³-hybridized carbons (Fsp3) is 0.609. The van der Waals surface area contributed by atoms with Crippen molar-refractivity contribution in [2.75, 3.05) is 35.6 Å². The van der Waals surface area contributed by atoms with Gasteiger partial charge in [0.05, 0.1) is 0 Å². The number of likely N-dealkylation sites (tertiary alicyclic amines) is 1. The second kappa shape index (κ2) is 11.1. The molecule has 1 aromatic carbocycles. The van der Waals surface area contributed by atoms with E-state index in [1.807, 2.05) is 24.3 Å². The molecule has 1 atom stereocenters. The predicted octanol–water partition coefficient (Wildman–Crippen LogP) is 5.41. The summed E-state index contributed by atoms with van der Waals surface area (Å²) in [4.78, 5) is 16.6. The molecule has 3 N–H and O–H groups in total. The summed E-state index contributed by atoms with van der Waals surface area (Å²) in [6, 6.07) is 9.01. The molecular weight excluding hydrogens is 454 g/mol. The lowest BCUT2D eigenvalue weighted by Crippen LogP contribution is -2.35. The minimum atomic E-state index is 0.434. The van der Waals surface area contributed by atoms with Gasteiger partial charge in [-0.2, -0.15) is 15.0 Å². The Hall–Kier alpha value is -1.93. The molecular formula is C23H34BrN7. The Bertz CT molecular complexity index is 821. The van der Waals surface area contributed by atoms with Gasteiger partial charge in [-0.3, -0.25) is 4.90 Å². The molecule has 4 rings (SSSR count). The van der Waals surface area contributed by atoms with Crippen LogP contribution in [0.15, 0.2) is 28.7 Å². The third-order valence-electron chi connectivity index (χ3n) is 6.33. The molecule has 2 aliphatic rings. The SMILES string of the molecule is CCN1CCCC1CNc1nc(Nc2ccc(Br)cc2)nc(NC2CCCCCC2)n1. The highest BCUT2D eigenvalue weighted by atomic mass is 79.9. The van der Waals surface area contributed by atoms with E-state index in [1.165, 1.54) is 57.9 Å². The summed E-state index contributed by atoms with van der Waals surface area (Å²) in [7, 11) is 0. The van der Waals surface area contributed by atoms with E-state index in [2.05, 4.69) is 53.7 Å². The minimum absolute atomic E-state index is 0.434. The van der Waals surface area contributed by atoms with Gasteiger partial charge >= 0.3 is 0 Å². The van der Waals surface area contributed by atoms with Gasteiger partial charge in [0, 0.05) is 28.8 Å². The molecule has 0 spiro atoms. The standard InChI is InChI=1S/C23H34BrN7/c1-2-31-15-7-10-20(31)16-25-21-28-22(26-18-8-5-3-4-6-9-18)30-23(29-21)27-19-13-11-17(24)12-14-19/h11-14,18,20H,2-10,15-16H2,1H3,(H3,25,26,27,28,29,30). The van der Waals surface area contributed by atoms with Crippen molar-refractivity contribution in [2.24, 2.45) is 0 Å². The van der Waals surface area contributed by atoms with Gasteiger partial charge in [0.2, 0.25) is 17.8 Å². The predicted molar refractivity (Wildman–Crippen MR) is 131 cm³/mol. The van der Waals surface area contributed by atoms with Crippen LogP contribution in [0.2, 0.25) is 0 Å². The Balaban J connectivity index is 1.49. The molecule has 1 saturated carbocycles. The number of anilines is 4. The zero-order valence-corrected chi connectivity index (χ0v) is 20.0. The van der Waals surface area contributed by atoms with Gasteiger partial charge < -0.3 is 16.0 Å². The summed E-state index contributed by atoms with van der Waals surface area (Å²) in [6.07, 6.45) is 10.0. The summed E-state index contributed by atoms with van der Waals surface area (Å²) in [5.74, 6) is 1.85. The van der Waals surface area contributed by atoms with E-state index in [0.29, 0.717) is 29.9 Å². The van der Waals surface area contributed by atoms with Crippen LogP contribution in [0.1, 0.15) is 58.3 Å². The summed E-state index contributed by atoms with van der Waals surface area (Å²) < 4.78 is 1.05. The van der Waals surface area contributed by atoms with Crippen molar-refractivity contribution in [1.29, 1.82) is 0 Å². The maximum absolute atomic E-state index is 4.72. The first kappa shape index (κ1) is 22.3. The summed E-state index contributed by atoms with van der Waals surface area (Å²) in [5, 5.41) is 10.4. The average molecular weight is 488 g/mol. The first-order valence-electron chi connectivity index (χ1n) is 11.7. The number of hydrogen-bond acceptors (Lipinski definition) is 7. The first-order valence-corrected chi connectivity index (χ1v) is 12.5. The first-order chi connectivity index (χ1) is 15.2. The lowest BCUT2D eigenvalue weighted by atomic mass is 10.1. The fourth-order valence-corrected chi connectivity index (χ4v) is 4.86. The highest BCUT2D eigenvalue weighted by Crippen LogP contribution is 2.23. The number of hydrogen-bond donors (Lipinski definition) is 3. The van der Waals surface area contributed by atoms with Gasteiger partial charge in [-0.15, -0.1) is 0 Å². The van der Waals surface area contributed by atoms with Crippen LogP contribution in [0.25, 0.3) is 0 Å². The van der Waals surface area contributed by atoms with Crippen molar-refractivity contribution < 1.29 is 0 Å². The number of rotatable bonds is 8. The molecule has 7 nitrogen and oxygen atoms in total. The molecule has 1 saturated heterocycles. The van der Waals surface area contributed by atoms with Crippen LogP contribution in [-0.4, -0.2) is 51.6 Å². The Morgan fingerprint density at radius 3 is 2.35 bits per heavy atom. The van der Waals surface area contributed by atoms with E-state index in [9.17, 15) is 0 Å². The molecule has 2 aromatic rings. The van der Waals surface area contributed by atoms with Crippen LogP contribution in [0.5, 0.6) is 0 Å². The second-order valence-electron chi connectivity index (χ2n) is 8.58. The Morgan fingerprint density at radius 1 is 0.903 bits per heavy atom. The quantitative estimate of drug-likeness (QED) is 0.429. The monoisotopic (exact) mass is 487 g/mol. The van der Waals surface area contributed by atoms with Crippen LogP contribution in [0, 0.1) is 0 Å². The van der Waals surface area contributed by atoms with E-state index < -0.39 is 0 Å². The number of aromatic nitrogens is 3. The smallest absolute Gasteiger partial charge is 0.233 e. The largest absolute Gasteiger partial charge is 0.352 e. The van der Waals surface area contributed by atoms with Crippen LogP contribution in [0.4, 0.5) is 23.5 Å². The Kier molecular flexibility index (Phi) is 7.97. The summed E-state index contributed by atoms with van der Waals surface area (Å²) in [6.45, 7) is 5.37. The zero-order valence-electron chi connectivity index (χ0n) is 18.4. The van der Waals surface area contributed by atoms with Crippen molar-refractivity contribution in [3.63, 3.8) is 0 Å². The molecule has 0 radical (unpaired) electrons. The molecule has 168 valence electrons. The van der Waals surface area contributed by atoms with E-state index in [1.54, 1.807) is 0 Å². The lowest BCUT2D eigenvalue weighted by molar-refractivity contribution is 0.277. The maximum atomic E-state index is 4.72. The molecule has 8 heteroatoms. The van der Waals surface area contributed by atoms with Crippen molar-refractivity contribution in [3.8, 4) is 0 Å². The Morgan fingerprint density at radius 2 is 1.61 bits per heavy atom. The van der Waals surface area contributed by atoms with Gasteiger partial charge in [-0.25, -0.2) is 0 Å². The molecule has 1 aliphatic heterocycles. The van der Waals surface area contributed by atoms with Crippen LogP contribution in [-0.2, 0) is 0 Å². The molecule has 0 bridgehead atoms. The van der Waals surface area contributed by atoms with Crippen LogP contribution in [0.3, 0.4) is 0 Å². The molecule has 31 heavy (non-hydrogen) atoms. The van der Waals surface area contributed by atoms with Crippen molar-refractivity contribution in [2.45, 2.75) is 70.4 Å². The fourth-order valence-electron chi connectivity index (χ4n) is 4.60. The molecule has 0 amide bonds. The number of likely N-dealkylation sites (N-methyl/N-ethyl adjacent to an activating group) is 1. The summed E-state index contributed by atoms with van der Waals surface area (Å²) in [5.41, 5.74) is 0.953. The van der Waals surface area contributed by atoms with Crippen molar-refractivity contribution >= 4 is 39.5 Å². The molecule has 2 fully saturated rings. The van der Waals surface area contributed by atoms with Gasteiger partial charge in [-0.1, -0.05) is 48.5 Å². The number of nitrogens with one attached hydrogen (secondary N) is 3. The van der Waals surface area contributed by atoms with Gasteiger partial charge in [0.15, 0.2) is 0 Å². The average Bonchev–Trinajstić information content (AvgIpc) is 3.08. The summed E-state index contributed by atoms with van der Waals surface area (Å²) >= 11 is 3.49. The van der Waals surface area contributed by atoms with Gasteiger partial charge in [0.1, 0.15) is 0 Å². The minimum Gasteiger partial charge on any atom is -0.352 e. The number of benzene rings is 1. The topological polar surface area (TPSA) is 78.0 Å². The van der Waals surface area contributed by atoms with E-state index >= 15 is 0 Å². The highest BCUT2D eigenvalue weighted by molar-refractivity contribution is 9.10. The molecule has 1 aromatic heterocycles. The maximum Gasteiger partial charge on any atom is 0.233 e. The molecule has 1 aliphatic carbocycles. The lowest BCUT2D eigenvalue weighted by Gasteiger charge is -2.23. The van der Waals surface area contributed by atoms with Crippen LogP contribution < -0.4 is 16.0 Å². The Labute approximate surface area is 194 Å². The molecule has 1 unspecified atom stereocenters. The second-order valence-corrected chi connectivity index (χ2v) is 9.49. The highest BCUT2D eigenvalue weighted by Gasteiger charge is 2.23. The third-order valence-corrected chi connectivity index (χ3v) is 6.85. The molecule has 2 heterocycles. The number of halogens is 1. The van der Waals surface area contributed by atoms with Gasteiger partial charge in [0.25, 0.3) is 0 Å². The van der Waals surface area contributed by atoms with Gasteiger partial charge in [-0.05, 0) is 63.0 Å². The van der Waals surface area contributed by atoms with E-state index in [-0.39, 0.29) is 0 Å². The van der Waals surface area contributed by atoms with Crippen LogP contribution >= 0.6 is 15.9 Å². The zero-order chi connectivity index (χ0) is 21.5. The normalized spacial score (nSPS) is 20.4. The van der Waals surface area contributed by atoms with Crippen molar-refractivity contribution in [3.05, 3.63) is 28.7 Å². The third kappa shape index (κ3) is 6.53. The van der Waals surface area contributed by atoms with E-state index in [4.69, 9.17) is 4.98 Å². The number of nitrogens with zero attached hydrogens (tertiary/aromatic N) is 4. The van der Waals surface area contributed by atoms with Crippen molar-refractivity contribution in [1.82, 2.24) is 19.9 Å².